The lowest BCUT2D eigenvalue weighted by atomic mass is 10.0. The van der Waals surface area contributed by atoms with E-state index in [2.05, 4.69) is 10.9 Å². The Morgan fingerprint density at radius 2 is 1.70 bits per heavy atom. The number of fused-ring (bicyclic) bond motifs is 2. The Morgan fingerprint density at radius 1 is 0.933 bits per heavy atom. The molecule has 2 N–H and O–H groups in total. The fourth-order valence-electron chi connectivity index (χ4n) is 3.47. The summed E-state index contributed by atoms with van der Waals surface area (Å²) in [5.41, 5.74) is 5.91. The number of rotatable bonds is 3. The average molecular weight is 406 g/mol. The fourth-order valence-corrected chi connectivity index (χ4v) is 3.47. The van der Waals surface area contributed by atoms with Gasteiger partial charge < -0.3 is 10.1 Å². The molecule has 2 heterocycles. The Bertz CT molecular complexity index is 1190. The van der Waals surface area contributed by atoms with E-state index in [1.165, 1.54) is 22.3 Å². The van der Waals surface area contributed by atoms with Crippen LogP contribution in [0.3, 0.4) is 0 Å². The first kappa shape index (κ1) is 18.1. The normalized spacial score (nSPS) is 14.8. The van der Waals surface area contributed by atoms with Crippen molar-refractivity contribution in [2.45, 2.75) is 0 Å². The molecule has 8 heteroatoms. The fraction of sp³-hybridized carbons (Fsp3) is 0.0455. The van der Waals surface area contributed by atoms with Crippen molar-refractivity contribution in [1.82, 2.24) is 10.5 Å². The first-order valence-electron chi connectivity index (χ1n) is 9.16. The second-order valence-corrected chi connectivity index (χ2v) is 6.83. The van der Waals surface area contributed by atoms with Crippen molar-refractivity contribution in [3.8, 4) is 16.9 Å². The predicted molar refractivity (Wildman–Crippen MR) is 108 cm³/mol. The topological polar surface area (TPSA) is 56.8 Å². The van der Waals surface area contributed by atoms with Crippen molar-refractivity contribution in [3.05, 3.63) is 89.9 Å². The molecule has 0 unspecified atom stereocenters. The molecule has 0 atom stereocenters. The highest BCUT2D eigenvalue weighted by molar-refractivity contribution is 6.04. The zero-order valence-corrected chi connectivity index (χ0v) is 15.8. The van der Waals surface area contributed by atoms with E-state index in [-0.39, 0.29) is 11.6 Å². The second-order valence-electron chi connectivity index (χ2n) is 6.83. The zero-order chi connectivity index (χ0) is 20.8. The summed E-state index contributed by atoms with van der Waals surface area (Å²) in [6.45, 7) is 0. The number of hydrazine groups is 2. The van der Waals surface area contributed by atoms with Crippen LogP contribution >= 0.6 is 0 Å². The summed E-state index contributed by atoms with van der Waals surface area (Å²) in [7, 11) is 1.61. The Morgan fingerprint density at radius 3 is 2.43 bits per heavy atom. The molecule has 0 fully saturated rings. The summed E-state index contributed by atoms with van der Waals surface area (Å²) < 4.78 is 32.6. The molecule has 0 bridgehead atoms. The molecule has 0 saturated carbocycles. The van der Waals surface area contributed by atoms with Gasteiger partial charge in [-0.25, -0.2) is 13.8 Å². The van der Waals surface area contributed by atoms with E-state index < -0.39 is 11.6 Å². The van der Waals surface area contributed by atoms with Gasteiger partial charge in [0.15, 0.2) is 5.82 Å². The van der Waals surface area contributed by atoms with Gasteiger partial charge in [0, 0.05) is 6.07 Å². The first-order chi connectivity index (χ1) is 14.5. The maximum absolute atomic E-state index is 14.2. The van der Waals surface area contributed by atoms with E-state index >= 15 is 0 Å². The van der Waals surface area contributed by atoms with Crippen molar-refractivity contribution < 1.29 is 18.3 Å². The van der Waals surface area contributed by atoms with Crippen LogP contribution in [0.15, 0.2) is 72.7 Å². The second kappa shape index (κ2) is 6.85. The molecule has 1 amide bonds. The lowest BCUT2D eigenvalue weighted by Crippen LogP contribution is -2.47. The smallest absolute Gasteiger partial charge is 0.277 e. The van der Waals surface area contributed by atoms with E-state index in [0.717, 1.165) is 29.0 Å². The van der Waals surface area contributed by atoms with Crippen molar-refractivity contribution >= 4 is 17.3 Å². The number of nitrogens with one attached hydrogen (secondary N) is 2. The van der Waals surface area contributed by atoms with Crippen molar-refractivity contribution in [2.24, 2.45) is 0 Å². The Labute approximate surface area is 170 Å². The molecule has 5 rings (SSSR count). The third kappa shape index (κ3) is 2.94. The summed E-state index contributed by atoms with van der Waals surface area (Å²) in [5.74, 6) is -0.514. The molecule has 2 aliphatic rings. The standard InChI is InChI=1S/C22H16F2N4O2/c1-30-16-6-2-13(3-7-16)14-4-8-17-19(10-14)25-21-12-27(26-28(21)22(17)29)20-9-5-15(23)11-18(20)24/h2-12,25-26H,1H3. The molecule has 0 spiro atoms. The number of halogens is 2. The number of nitrogens with zero attached hydrogens (tertiary/aromatic N) is 2. The number of hydrogen-bond acceptors (Lipinski definition) is 5. The molecule has 2 aliphatic heterocycles. The van der Waals surface area contributed by atoms with Crippen LogP contribution in [0.2, 0.25) is 0 Å². The van der Waals surface area contributed by atoms with Crippen LogP contribution in [0.25, 0.3) is 11.1 Å². The molecule has 0 radical (unpaired) electrons. The van der Waals surface area contributed by atoms with Crippen LogP contribution in [0.4, 0.5) is 20.2 Å². The Balaban J connectivity index is 1.47. The van der Waals surface area contributed by atoms with Crippen LogP contribution in [-0.4, -0.2) is 18.0 Å². The molecular weight excluding hydrogens is 390 g/mol. The van der Waals surface area contributed by atoms with Gasteiger partial charge in [0.25, 0.3) is 5.91 Å². The Kier molecular flexibility index (Phi) is 4.14. The molecule has 6 nitrogen and oxygen atoms in total. The van der Waals surface area contributed by atoms with E-state index in [0.29, 0.717) is 17.1 Å². The third-order valence-electron chi connectivity index (χ3n) is 5.01. The highest BCUT2D eigenvalue weighted by Gasteiger charge is 2.34. The van der Waals surface area contributed by atoms with Gasteiger partial charge >= 0.3 is 0 Å². The van der Waals surface area contributed by atoms with Gasteiger partial charge in [-0.1, -0.05) is 18.2 Å². The Hall–Kier alpha value is -3.91. The van der Waals surface area contributed by atoms with Crippen molar-refractivity contribution in [3.63, 3.8) is 0 Å². The maximum atomic E-state index is 14.2. The van der Waals surface area contributed by atoms with E-state index in [4.69, 9.17) is 4.74 Å². The maximum Gasteiger partial charge on any atom is 0.277 e. The number of hydrogen-bond donors (Lipinski definition) is 2. The summed E-state index contributed by atoms with van der Waals surface area (Å²) in [4.78, 5) is 12.9. The van der Waals surface area contributed by atoms with Crippen molar-refractivity contribution in [2.75, 3.05) is 17.4 Å². The van der Waals surface area contributed by atoms with Gasteiger partial charge in [0.05, 0.1) is 30.2 Å². The molecule has 0 saturated heterocycles. The predicted octanol–water partition coefficient (Wildman–Crippen LogP) is 4.25. The van der Waals surface area contributed by atoms with Crippen LogP contribution in [0, 0.1) is 11.6 Å². The summed E-state index contributed by atoms with van der Waals surface area (Å²) in [5, 5.41) is 5.79. The quantitative estimate of drug-likeness (QED) is 0.681. The van der Waals surface area contributed by atoms with Crippen molar-refractivity contribution in [1.29, 1.82) is 0 Å². The average Bonchev–Trinajstić information content (AvgIpc) is 3.17. The number of amides is 1. The lowest BCUT2D eigenvalue weighted by molar-refractivity contribution is 0.0748. The van der Waals surface area contributed by atoms with Gasteiger partial charge in [-0.2, -0.15) is 0 Å². The minimum absolute atomic E-state index is 0.0934. The molecule has 0 aliphatic carbocycles. The SMILES string of the molecule is COc1ccc(-c2ccc3c(c2)NC2=CN(c4ccc(F)cc4F)NN2C3=O)cc1. The lowest BCUT2D eigenvalue weighted by Gasteiger charge is -2.28. The summed E-state index contributed by atoms with van der Waals surface area (Å²) in [6, 6.07) is 16.3. The molecule has 0 aromatic heterocycles. The number of carbonyl (C=O) groups excluding carboxylic acids is 1. The molecule has 150 valence electrons. The van der Waals surface area contributed by atoms with Crippen LogP contribution in [0.5, 0.6) is 5.75 Å². The van der Waals surface area contributed by atoms with Gasteiger partial charge in [0.1, 0.15) is 17.4 Å². The van der Waals surface area contributed by atoms with Gasteiger partial charge in [-0.05, 0) is 47.5 Å². The zero-order valence-electron chi connectivity index (χ0n) is 15.8. The summed E-state index contributed by atoms with van der Waals surface area (Å²) in [6.07, 6.45) is 1.54. The molecule has 30 heavy (non-hydrogen) atoms. The third-order valence-corrected chi connectivity index (χ3v) is 5.01. The summed E-state index contributed by atoms with van der Waals surface area (Å²) >= 11 is 0. The number of carbonyl (C=O) groups is 1. The van der Waals surface area contributed by atoms with Gasteiger partial charge in [-0.3, -0.25) is 9.80 Å². The van der Waals surface area contributed by atoms with Gasteiger partial charge in [-0.15, -0.1) is 5.53 Å². The number of benzene rings is 3. The minimum Gasteiger partial charge on any atom is -0.497 e. The van der Waals surface area contributed by atoms with Gasteiger partial charge in [0.2, 0.25) is 0 Å². The minimum atomic E-state index is -0.744. The highest BCUT2D eigenvalue weighted by Crippen LogP contribution is 2.34. The molecule has 3 aromatic rings. The number of methoxy groups -OCH3 is 1. The largest absolute Gasteiger partial charge is 0.497 e. The van der Waals surface area contributed by atoms with Crippen LogP contribution in [0.1, 0.15) is 10.4 Å². The first-order valence-corrected chi connectivity index (χ1v) is 9.16. The van der Waals surface area contributed by atoms with Crippen LogP contribution in [-0.2, 0) is 0 Å². The highest BCUT2D eigenvalue weighted by atomic mass is 19.1. The molecular formula is C22H16F2N4O2. The van der Waals surface area contributed by atoms with E-state index in [1.807, 2.05) is 36.4 Å². The number of anilines is 2. The van der Waals surface area contributed by atoms with E-state index in [9.17, 15) is 13.6 Å². The number of ether oxygens (including phenoxy) is 1. The monoisotopic (exact) mass is 406 g/mol. The van der Waals surface area contributed by atoms with E-state index in [1.54, 1.807) is 13.2 Å². The van der Waals surface area contributed by atoms with Crippen LogP contribution < -0.4 is 20.6 Å². The molecule has 3 aromatic carbocycles.